The summed E-state index contributed by atoms with van der Waals surface area (Å²) in [5.74, 6) is 1.54. The number of nitrogens with one attached hydrogen (secondary N) is 1. The minimum Gasteiger partial charge on any atom is -0.338 e. The molecule has 3 amide bonds. The van der Waals surface area contributed by atoms with Gasteiger partial charge in [0.1, 0.15) is 0 Å². The third kappa shape index (κ3) is 5.12. The summed E-state index contributed by atoms with van der Waals surface area (Å²) in [6, 6.07) is 11.1. The molecule has 0 spiro atoms. The zero-order valence-electron chi connectivity index (χ0n) is 17.5. The molecule has 4 rings (SSSR count). The average Bonchev–Trinajstić information content (AvgIpc) is 2.79. The second kappa shape index (κ2) is 9.64. The highest BCUT2D eigenvalue weighted by atomic mass is 16.2. The molecular formula is C24H35N3O2. The molecule has 1 unspecified atom stereocenters. The summed E-state index contributed by atoms with van der Waals surface area (Å²) in [5, 5.41) is 3.19. The first-order chi connectivity index (χ1) is 14.2. The number of nitrogens with zero attached hydrogens (tertiary/aromatic N) is 2. The van der Waals surface area contributed by atoms with Crippen LogP contribution in [-0.4, -0.2) is 54.0 Å². The van der Waals surface area contributed by atoms with Gasteiger partial charge in [0.15, 0.2) is 0 Å². The SMILES string of the molecule is O=C(NCC1CCC(c2ccccc2)CC1)N1CCCC(N2CCCCC2=O)C1. The van der Waals surface area contributed by atoms with Crippen LogP contribution in [0.25, 0.3) is 0 Å². The predicted octanol–water partition coefficient (Wildman–Crippen LogP) is 4.15. The van der Waals surface area contributed by atoms with Gasteiger partial charge < -0.3 is 15.1 Å². The summed E-state index contributed by atoms with van der Waals surface area (Å²) < 4.78 is 0. The van der Waals surface area contributed by atoms with Crippen molar-refractivity contribution < 1.29 is 9.59 Å². The van der Waals surface area contributed by atoms with Crippen molar-refractivity contribution >= 4 is 11.9 Å². The zero-order chi connectivity index (χ0) is 20.1. The highest BCUT2D eigenvalue weighted by Crippen LogP contribution is 2.35. The van der Waals surface area contributed by atoms with Gasteiger partial charge >= 0.3 is 6.03 Å². The van der Waals surface area contributed by atoms with Crippen molar-refractivity contribution in [1.29, 1.82) is 0 Å². The van der Waals surface area contributed by atoms with E-state index in [0.717, 1.165) is 45.3 Å². The number of piperidine rings is 2. The Morgan fingerprint density at radius 1 is 0.966 bits per heavy atom. The van der Waals surface area contributed by atoms with Gasteiger partial charge in [-0.2, -0.15) is 0 Å². The van der Waals surface area contributed by atoms with E-state index in [2.05, 4.69) is 35.6 Å². The van der Waals surface area contributed by atoms with Crippen molar-refractivity contribution in [3.05, 3.63) is 35.9 Å². The molecule has 2 aliphatic heterocycles. The molecule has 2 heterocycles. The maximum absolute atomic E-state index is 12.7. The Morgan fingerprint density at radius 2 is 1.76 bits per heavy atom. The first kappa shape index (κ1) is 20.2. The zero-order valence-corrected chi connectivity index (χ0v) is 17.5. The molecule has 1 atom stereocenters. The molecule has 1 saturated carbocycles. The summed E-state index contributed by atoms with van der Waals surface area (Å²) in [4.78, 5) is 29.0. The molecule has 3 aliphatic rings. The average molecular weight is 398 g/mol. The van der Waals surface area contributed by atoms with E-state index in [0.29, 0.717) is 24.8 Å². The quantitative estimate of drug-likeness (QED) is 0.830. The minimum atomic E-state index is 0.0596. The van der Waals surface area contributed by atoms with Crippen molar-refractivity contribution in [2.24, 2.45) is 5.92 Å². The van der Waals surface area contributed by atoms with Crippen LogP contribution in [0.3, 0.4) is 0 Å². The van der Waals surface area contributed by atoms with E-state index in [1.807, 2.05) is 9.80 Å². The lowest BCUT2D eigenvalue weighted by molar-refractivity contribution is -0.136. The molecule has 29 heavy (non-hydrogen) atoms. The highest BCUT2D eigenvalue weighted by molar-refractivity contribution is 5.78. The highest BCUT2D eigenvalue weighted by Gasteiger charge is 2.32. The monoisotopic (exact) mass is 397 g/mol. The summed E-state index contributed by atoms with van der Waals surface area (Å²) in [5.41, 5.74) is 1.46. The number of hydrogen-bond donors (Lipinski definition) is 1. The fourth-order valence-electron chi connectivity index (χ4n) is 5.38. The van der Waals surface area contributed by atoms with Crippen LogP contribution in [0.15, 0.2) is 30.3 Å². The molecule has 1 aliphatic carbocycles. The molecule has 3 fully saturated rings. The van der Waals surface area contributed by atoms with Gasteiger partial charge in [-0.15, -0.1) is 0 Å². The van der Waals surface area contributed by atoms with E-state index < -0.39 is 0 Å². The Hall–Kier alpha value is -2.04. The third-order valence-corrected chi connectivity index (χ3v) is 7.14. The summed E-state index contributed by atoms with van der Waals surface area (Å²) in [7, 11) is 0. The fraction of sp³-hybridized carbons (Fsp3) is 0.667. The molecule has 0 aromatic heterocycles. The maximum Gasteiger partial charge on any atom is 0.317 e. The topological polar surface area (TPSA) is 52.7 Å². The lowest BCUT2D eigenvalue weighted by atomic mass is 9.79. The number of amides is 3. The fourth-order valence-corrected chi connectivity index (χ4v) is 5.38. The number of hydrogen-bond acceptors (Lipinski definition) is 2. The Balaban J connectivity index is 1.21. The van der Waals surface area contributed by atoms with Crippen LogP contribution in [0.1, 0.15) is 69.3 Å². The van der Waals surface area contributed by atoms with Gasteiger partial charge in [-0.1, -0.05) is 30.3 Å². The summed E-state index contributed by atoms with van der Waals surface area (Å²) in [6.45, 7) is 3.15. The smallest absolute Gasteiger partial charge is 0.317 e. The van der Waals surface area contributed by atoms with E-state index in [1.165, 1.54) is 31.2 Å². The standard InChI is InChI=1S/C24H35N3O2/c28-23-10-4-5-16-27(23)22-9-6-15-26(18-22)24(29)25-17-19-11-13-21(14-12-19)20-7-2-1-3-8-20/h1-3,7-8,19,21-22H,4-6,9-18H2,(H,25,29). The normalized spacial score (nSPS) is 28.3. The third-order valence-electron chi connectivity index (χ3n) is 7.14. The van der Waals surface area contributed by atoms with E-state index in [4.69, 9.17) is 0 Å². The van der Waals surface area contributed by atoms with Crippen LogP contribution in [0.4, 0.5) is 4.79 Å². The molecule has 0 radical (unpaired) electrons. The van der Waals surface area contributed by atoms with Gasteiger partial charge in [0.25, 0.3) is 0 Å². The van der Waals surface area contributed by atoms with E-state index in [-0.39, 0.29) is 18.0 Å². The molecule has 1 N–H and O–H groups in total. The largest absolute Gasteiger partial charge is 0.338 e. The summed E-state index contributed by atoms with van der Waals surface area (Å²) >= 11 is 0. The van der Waals surface area contributed by atoms with Crippen LogP contribution < -0.4 is 5.32 Å². The van der Waals surface area contributed by atoms with Gasteiger partial charge in [-0.05, 0) is 68.8 Å². The second-order valence-corrected chi connectivity index (χ2v) is 9.10. The van der Waals surface area contributed by atoms with E-state index in [1.54, 1.807) is 0 Å². The molecule has 0 bridgehead atoms. The lowest BCUT2D eigenvalue weighted by Crippen LogP contribution is -2.55. The van der Waals surface area contributed by atoms with Gasteiger partial charge in [0.05, 0.1) is 0 Å². The van der Waals surface area contributed by atoms with Crippen LogP contribution in [-0.2, 0) is 4.79 Å². The van der Waals surface area contributed by atoms with Crippen LogP contribution >= 0.6 is 0 Å². The van der Waals surface area contributed by atoms with Gasteiger partial charge in [-0.3, -0.25) is 4.79 Å². The Bertz CT molecular complexity index is 685. The molecule has 1 aromatic rings. The van der Waals surface area contributed by atoms with E-state index >= 15 is 0 Å². The van der Waals surface area contributed by atoms with Crippen molar-refractivity contribution in [1.82, 2.24) is 15.1 Å². The molecular weight excluding hydrogens is 362 g/mol. The first-order valence-corrected chi connectivity index (χ1v) is 11.6. The van der Waals surface area contributed by atoms with Crippen molar-refractivity contribution in [2.75, 3.05) is 26.2 Å². The van der Waals surface area contributed by atoms with E-state index in [9.17, 15) is 9.59 Å². The number of carbonyl (C=O) groups excluding carboxylic acids is 2. The Morgan fingerprint density at radius 3 is 2.52 bits per heavy atom. The number of likely N-dealkylation sites (tertiary alicyclic amines) is 2. The molecule has 158 valence electrons. The lowest BCUT2D eigenvalue weighted by Gasteiger charge is -2.41. The van der Waals surface area contributed by atoms with Crippen LogP contribution in [0, 0.1) is 5.92 Å². The second-order valence-electron chi connectivity index (χ2n) is 9.10. The van der Waals surface area contributed by atoms with Crippen molar-refractivity contribution in [3.8, 4) is 0 Å². The molecule has 1 aromatic carbocycles. The summed E-state index contributed by atoms with van der Waals surface area (Å²) in [6.07, 6.45) is 9.60. The van der Waals surface area contributed by atoms with Crippen LogP contribution in [0.5, 0.6) is 0 Å². The van der Waals surface area contributed by atoms with Crippen LogP contribution in [0.2, 0.25) is 0 Å². The number of rotatable bonds is 4. The minimum absolute atomic E-state index is 0.0596. The predicted molar refractivity (Wildman–Crippen MR) is 115 cm³/mol. The Kier molecular flexibility index (Phi) is 6.73. The van der Waals surface area contributed by atoms with Gasteiger partial charge in [-0.25, -0.2) is 4.79 Å². The van der Waals surface area contributed by atoms with Crippen molar-refractivity contribution in [2.45, 2.75) is 69.7 Å². The molecule has 5 heteroatoms. The maximum atomic E-state index is 12.7. The number of urea groups is 1. The first-order valence-electron chi connectivity index (χ1n) is 11.6. The number of carbonyl (C=O) groups is 2. The van der Waals surface area contributed by atoms with Gasteiger partial charge in [0, 0.05) is 38.6 Å². The number of benzene rings is 1. The molecule has 5 nitrogen and oxygen atoms in total. The van der Waals surface area contributed by atoms with Crippen molar-refractivity contribution in [3.63, 3.8) is 0 Å². The van der Waals surface area contributed by atoms with Gasteiger partial charge in [0.2, 0.25) is 5.91 Å². The Labute approximate surface area is 174 Å². The molecule has 2 saturated heterocycles.